The van der Waals surface area contributed by atoms with Gasteiger partial charge in [-0.25, -0.2) is 13.2 Å². The molecule has 1 aliphatic rings. The van der Waals surface area contributed by atoms with Crippen LogP contribution in [0, 0.1) is 12.7 Å². The second-order valence-corrected chi connectivity index (χ2v) is 7.90. The highest BCUT2D eigenvalue weighted by atomic mass is 19.3. The van der Waals surface area contributed by atoms with Crippen LogP contribution in [0.2, 0.25) is 0 Å². The number of hydrogen-bond acceptors (Lipinski definition) is 4. The third-order valence-corrected chi connectivity index (χ3v) is 5.61. The maximum Gasteiger partial charge on any atom is 0.263 e. The van der Waals surface area contributed by atoms with Gasteiger partial charge < -0.3 is 25.4 Å². The summed E-state index contributed by atoms with van der Waals surface area (Å²) in [6.45, 7) is 5.22. The Bertz CT molecular complexity index is 1060. The Morgan fingerprint density at radius 2 is 2.12 bits per heavy atom. The molecule has 3 N–H and O–H groups in total. The van der Waals surface area contributed by atoms with Crippen molar-refractivity contribution in [2.24, 2.45) is 10.7 Å². The molecule has 1 amide bonds. The number of nitrogens with one attached hydrogen (secondary N) is 1. The first kappa shape index (κ1) is 25.4. The Morgan fingerprint density at radius 1 is 1.35 bits per heavy atom. The summed E-state index contributed by atoms with van der Waals surface area (Å²) in [6.07, 6.45) is -2.17. The lowest BCUT2D eigenvalue weighted by Crippen LogP contribution is -2.35. The molecule has 0 aromatic heterocycles. The van der Waals surface area contributed by atoms with Crippen molar-refractivity contribution in [3.8, 4) is 5.75 Å². The molecule has 0 aliphatic carbocycles. The average molecular weight is 479 g/mol. The molecule has 10 heteroatoms. The lowest BCUT2D eigenvalue weighted by Gasteiger charge is -2.33. The fourth-order valence-electron chi connectivity index (χ4n) is 3.79. The number of aliphatic imine (C=N–C) groups is 1. The molecule has 34 heavy (non-hydrogen) atoms. The molecule has 0 bridgehead atoms. The zero-order chi connectivity index (χ0) is 24.8. The molecular formula is C24H29F3N4O3. The number of nitrogens with two attached hydrogens (primary N) is 1. The zero-order valence-corrected chi connectivity index (χ0v) is 19.4. The highest BCUT2D eigenvalue weighted by Crippen LogP contribution is 2.38. The highest BCUT2D eigenvalue weighted by molar-refractivity contribution is 5.97. The molecule has 0 radical (unpaired) electrons. The van der Waals surface area contributed by atoms with Crippen LogP contribution < -0.4 is 15.8 Å². The zero-order valence-electron chi connectivity index (χ0n) is 19.4. The molecule has 1 unspecified atom stereocenters. The number of ether oxygens (including phenoxy) is 2. The number of carbonyl (C=O) groups excluding carboxylic acids is 1. The van der Waals surface area contributed by atoms with Crippen molar-refractivity contribution >= 4 is 17.6 Å². The third kappa shape index (κ3) is 5.80. The van der Waals surface area contributed by atoms with Crippen LogP contribution >= 0.6 is 0 Å². The maximum atomic E-state index is 15.0. The number of carbonyl (C=O) groups is 1. The van der Waals surface area contributed by atoms with Gasteiger partial charge in [-0.3, -0.25) is 9.79 Å². The van der Waals surface area contributed by atoms with Crippen molar-refractivity contribution in [1.29, 1.82) is 0 Å². The molecule has 2 aromatic carbocycles. The number of halogens is 3. The minimum Gasteiger partial charge on any atom is -0.493 e. The summed E-state index contributed by atoms with van der Waals surface area (Å²) in [5, 5.41) is 2.84. The van der Waals surface area contributed by atoms with Crippen molar-refractivity contribution in [3.05, 3.63) is 58.4 Å². The minimum absolute atomic E-state index is 0.102. The molecular weight excluding hydrogens is 449 g/mol. The largest absolute Gasteiger partial charge is 0.493 e. The molecule has 0 saturated heterocycles. The van der Waals surface area contributed by atoms with Gasteiger partial charge in [0, 0.05) is 36.9 Å². The molecule has 0 spiro atoms. The van der Waals surface area contributed by atoms with Crippen LogP contribution in [-0.2, 0) is 4.74 Å². The van der Waals surface area contributed by atoms with E-state index in [0.29, 0.717) is 48.7 Å². The van der Waals surface area contributed by atoms with E-state index in [0.717, 1.165) is 0 Å². The summed E-state index contributed by atoms with van der Waals surface area (Å²) in [7, 11) is 1.56. The molecule has 184 valence electrons. The van der Waals surface area contributed by atoms with Crippen LogP contribution in [0.1, 0.15) is 52.9 Å². The number of guanidine groups is 1. The van der Waals surface area contributed by atoms with Crippen molar-refractivity contribution in [2.45, 2.75) is 32.7 Å². The van der Waals surface area contributed by atoms with E-state index < -0.39 is 24.2 Å². The topological polar surface area (TPSA) is 89.2 Å². The van der Waals surface area contributed by atoms with Gasteiger partial charge in [-0.1, -0.05) is 12.1 Å². The Balaban J connectivity index is 1.78. The van der Waals surface area contributed by atoms with Crippen LogP contribution in [0.3, 0.4) is 0 Å². The van der Waals surface area contributed by atoms with Crippen LogP contribution in [-0.4, -0.2) is 50.2 Å². The van der Waals surface area contributed by atoms with Crippen LogP contribution in [0.15, 0.2) is 35.3 Å². The van der Waals surface area contributed by atoms with E-state index in [2.05, 4.69) is 10.3 Å². The number of amides is 1. The predicted octanol–water partition coefficient (Wildman–Crippen LogP) is 4.43. The number of alkyl halides is 2. The number of anilines is 1. The Morgan fingerprint density at radius 3 is 2.82 bits per heavy atom. The summed E-state index contributed by atoms with van der Waals surface area (Å²) in [5.41, 5.74) is 7.21. The van der Waals surface area contributed by atoms with E-state index >= 15 is 0 Å². The van der Waals surface area contributed by atoms with Crippen molar-refractivity contribution < 1.29 is 27.4 Å². The summed E-state index contributed by atoms with van der Waals surface area (Å²) in [4.78, 5) is 18.7. The summed E-state index contributed by atoms with van der Waals surface area (Å²) in [5.74, 6) is -0.821. The third-order valence-electron chi connectivity index (χ3n) is 5.61. The first-order valence-electron chi connectivity index (χ1n) is 11.0. The Labute approximate surface area is 196 Å². The van der Waals surface area contributed by atoms with E-state index in [9.17, 15) is 18.0 Å². The Kier molecular flexibility index (Phi) is 8.38. The molecule has 7 nitrogen and oxygen atoms in total. The van der Waals surface area contributed by atoms with E-state index in [-0.39, 0.29) is 23.7 Å². The normalized spacial score (nSPS) is 15.6. The fourth-order valence-corrected chi connectivity index (χ4v) is 3.79. The molecule has 1 heterocycles. The van der Waals surface area contributed by atoms with E-state index in [1.807, 2.05) is 6.92 Å². The van der Waals surface area contributed by atoms with Crippen LogP contribution in [0.25, 0.3) is 0 Å². The number of nitrogens with zero attached hydrogens (tertiary/aromatic N) is 2. The molecule has 1 atom stereocenters. The van der Waals surface area contributed by atoms with Gasteiger partial charge in [0.1, 0.15) is 11.6 Å². The first-order chi connectivity index (χ1) is 16.2. The predicted molar refractivity (Wildman–Crippen MR) is 124 cm³/mol. The van der Waals surface area contributed by atoms with Gasteiger partial charge in [-0.15, -0.1) is 0 Å². The lowest BCUT2D eigenvalue weighted by atomic mass is 9.96. The minimum atomic E-state index is -2.62. The molecule has 3 rings (SSSR count). The van der Waals surface area contributed by atoms with E-state index in [1.54, 1.807) is 14.0 Å². The molecule has 2 aromatic rings. The SMILES string of the molecule is CCOCCN=C(N)Nc1cc(F)c(C(=O)N(C)C2CCOc3cc(C(F)F)ccc32)cc1C. The van der Waals surface area contributed by atoms with Crippen molar-refractivity contribution in [3.63, 3.8) is 0 Å². The summed E-state index contributed by atoms with van der Waals surface area (Å²) in [6, 6.07) is 6.35. The standard InChI is InChI=1S/C24H29F3N4O3/c1-4-33-10-8-29-24(28)30-19-13-18(25)17(11-14(19)2)23(32)31(3)20-7-9-34-21-12-15(22(26)27)5-6-16(20)21/h5-6,11-13,20,22H,4,7-10H2,1-3H3,(H3,28,29,30). The first-order valence-corrected chi connectivity index (χ1v) is 11.0. The summed E-state index contributed by atoms with van der Waals surface area (Å²) < 4.78 is 51.8. The number of aryl methyl sites for hydroxylation is 1. The van der Waals surface area contributed by atoms with Crippen molar-refractivity contribution in [1.82, 2.24) is 4.90 Å². The second-order valence-electron chi connectivity index (χ2n) is 7.90. The van der Waals surface area contributed by atoms with Crippen LogP contribution in [0.5, 0.6) is 5.75 Å². The van der Waals surface area contributed by atoms with Gasteiger partial charge in [-0.2, -0.15) is 0 Å². The molecule has 0 fully saturated rings. The monoisotopic (exact) mass is 478 g/mol. The summed E-state index contributed by atoms with van der Waals surface area (Å²) >= 11 is 0. The Hall–Kier alpha value is -3.27. The maximum absolute atomic E-state index is 15.0. The lowest BCUT2D eigenvalue weighted by molar-refractivity contribution is 0.0680. The number of hydrogen-bond donors (Lipinski definition) is 2. The van der Waals surface area contributed by atoms with E-state index in [1.165, 1.54) is 35.2 Å². The van der Waals surface area contributed by atoms with Gasteiger partial charge in [0.05, 0.1) is 31.4 Å². The fraction of sp³-hybridized carbons (Fsp3) is 0.417. The average Bonchev–Trinajstić information content (AvgIpc) is 2.82. The number of fused-ring (bicyclic) bond motifs is 1. The van der Waals surface area contributed by atoms with Gasteiger partial charge in [0.25, 0.3) is 12.3 Å². The number of benzene rings is 2. The van der Waals surface area contributed by atoms with Gasteiger partial charge in [-0.05, 0) is 37.6 Å². The smallest absolute Gasteiger partial charge is 0.263 e. The number of rotatable bonds is 8. The quantitative estimate of drug-likeness (QED) is 0.333. The molecule has 0 saturated carbocycles. The second kappa shape index (κ2) is 11.2. The van der Waals surface area contributed by atoms with Crippen molar-refractivity contribution in [2.75, 3.05) is 38.7 Å². The van der Waals surface area contributed by atoms with E-state index in [4.69, 9.17) is 15.2 Å². The highest BCUT2D eigenvalue weighted by Gasteiger charge is 2.30. The van der Waals surface area contributed by atoms with Crippen LogP contribution in [0.4, 0.5) is 18.9 Å². The van der Waals surface area contributed by atoms with Gasteiger partial charge >= 0.3 is 0 Å². The molecule has 1 aliphatic heterocycles. The van der Waals surface area contributed by atoms with Gasteiger partial charge in [0.2, 0.25) is 0 Å². The van der Waals surface area contributed by atoms with Gasteiger partial charge in [0.15, 0.2) is 5.96 Å².